The summed E-state index contributed by atoms with van der Waals surface area (Å²) in [5.74, 6) is 3.35. The molecule has 0 saturated carbocycles. The maximum absolute atomic E-state index is 13.4. The Morgan fingerprint density at radius 1 is 1.06 bits per heavy atom. The smallest absolute Gasteiger partial charge is 0.176 e. The van der Waals surface area contributed by atoms with Crippen molar-refractivity contribution in [1.82, 2.24) is 4.90 Å². The lowest BCUT2D eigenvalue weighted by Gasteiger charge is -2.44. The number of carbonyl (C=O) groups is 2. The molecule has 0 saturated heterocycles. The number of hydrogen-bond donors (Lipinski definition) is 0. The molecule has 0 spiro atoms. The van der Waals surface area contributed by atoms with E-state index in [1.54, 1.807) is 7.11 Å². The van der Waals surface area contributed by atoms with Gasteiger partial charge in [0.1, 0.15) is 6.61 Å². The fraction of sp³-hybridized carbons (Fsp3) is 0.481. The van der Waals surface area contributed by atoms with Crippen LogP contribution in [0.25, 0.3) is 0 Å². The Morgan fingerprint density at radius 2 is 1.71 bits per heavy atom. The normalized spacial score (nSPS) is 18.6. The molecule has 0 radical (unpaired) electrons. The summed E-state index contributed by atoms with van der Waals surface area (Å²) in [5, 5.41) is 0. The lowest BCUT2D eigenvalue weighted by molar-refractivity contribution is -0.117. The Bertz CT molecular complexity index is 1050. The summed E-state index contributed by atoms with van der Waals surface area (Å²) in [6.45, 7) is 3.61. The van der Waals surface area contributed by atoms with Crippen LogP contribution in [0.5, 0.6) is 11.5 Å². The molecule has 7 heteroatoms. The number of nitrogens with zero attached hydrogens (tertiary/aromatic N) is 1. The van der Waals surface area contributed by atoms with Crippen molar-refractivity contribution in [3.05, 3.63) is 44.7 Å². The van der Waals surface area contributed by atoms with Crippen LogP contribution in [-0.4, -0.2) is 49.9 Å². The standard InChI is InChI=1S/C27H30BrNO5/c1-4-13-34-27-18(28)15-17(16-23(27)33-5-2)24-25-19(8-6-10-21(25)30)29(12-14-32-3)20-9-7-11-22(31)26(20)24/h1,15-16,24H,5-14H2,2-3H3. The van der Waals surface area contributed by atoms with Crippen molar-refractivity contribution in [3.8, 4) is 23.8 Å². The number of halogens is 1. The van der Waals surface area contributed by atoms with Crippen LogP contribution in [-0.2, 0) is 14.3 Å². The van der Waals surface area contributed by atoms with Crippen molar-refractivity contribution >= 4 is 27.5 Å². The molecule has 180 valence electrons. The van der Waals surface area contributed by atoms with Gasteiger partial charge in [-0.05, 0) is 66.2 Å². The van der Waals surface area contributed by atoms with E-state index in [2.05, 4.69) is 26.8 Å². The second-order valence-corrected chi connectivity index (χ2v) is 9.46. The summed E-state index contributed by atoms with van der Waals surface area (Å²) < 4.78 is 17.7. The number of terminal acetylenes is 1. The van der Waals surface area contributed by atoms with Crippen LogP contribution in [0.2, 0.25) is 0 Å². The third-order valence-corrected chi connectivity index (χ3v) is 7.16. The number of allylic oxidation sites excluding steroid dienone is 4. The van der Waals surface area contributed by atoms with E-state index in [0.29, 0.717) is 48.6 Å². The van der Waals surface area contributed by atoms with Crippen molar-refractivity contribution in [2.24, 2.45) is 0 Å². The molecular weight excluding hydrogens is 498 g/mol. The van der Waals surface area contributed by atoms with E-state index in [4.69, 9.17) is 20.6 Å². The predicted molar refractivity (Wildman–Crippen MR) is 133 cm³/mol. The molecule has 6 nitrogen and oxygen atoms in total. The number of ether oxygens (including phenoxy) is 3. The van der Waals surface area contributed by atoms with Crippen LogP contribution in [0.1, 0.15) is 56.9 Å². The minimum absolute atomic E-state index is 0.109. The predicted octanol–water partition coefficient (Wildman–Crippen LogP) is 4.92. The van der Waals surface area contributed by atoms with Gasteiger partial charge in [-0.15, -0.1) is 6.42 Å². The fourth-order valence-corrected chi connectivity index (χ4v) is 5.85. The fourth-order valence-electron chi connectivity index (χ4n) is 5.27. The molecule has 0 aromatic heterocycles. The summed E-state index contributed by atoms with van der Waals surface area (Å²) in [6.07, 6.45) is 9.64. The Hall–Kier alpha value is -2.56. The number of benzene rings is 1. The van der Waals surface area contributed by atoms with Crippen LogP contribution in [0, 0.1) is 12.3 Å². The molecule has 0 atom stereocenters. The first kappa shape index (κ1) is 24.6. The zero-order valence-electron chi connectivity index (χ0n) is 19.7. The monoisotopic (exact) mass is 527 g/mol. The number of Topliss-reactive ketones (excluding diaryl/α,β-unsaturated/α-hetero) is 2. The zero-order valence-corrected chi connectivity index (χ0v) is 21.3. The molecule has 1 aliphatic heterocycles. The molecule has 0 amide bonds. The first-order valence-corrected chi connectivity index (χ1v) is 12.6. The maximum atomic E-state index is 13.4. The van der Waals surface area contributed by atoms with E-state index in [-0.39, 0.29) is 18.2 Å². The van der Waals surface area contributed by atoms with E-state index in [0.717, 1.165) is 53.8 Å². The van der Waals surface area contributed by atoms with Crippen LogP contribution in [0.3, 0.4) is 0 Å². The van der Waals surface area contributed by atoms with E-state index in [1.165, 1.54) is 0 Å². The molecule has 0 bridgehead atoms. The summed E-state index contributed by atoms with van der Waals surface area (Å²) in [7, 11) is 1.67. The van der Waals surface area contributed by atoms with Gasteiger partial charge in [0, 0.05) is 55.0 Å². The average Bonchev–Trinajstić information content (AvgIpc) is 2.82. The van der Waals surface area contributed by atoms with Gasteiger partial charge in [-0.1, -0.05) is 5.92 Å². The van der Waals surface area contributed by atoms with Gasteiger partial charge in [0.2, 0.25) is 0 Å². The number of rotatable bonds is 8. The highest BCUT2D eigenvalue weighted by atomic mass is 79.9. The number of hydrogen-bond acceptors (Lipinski definition) is 6. The molecule has 0 N–H and O–H groups in total. The molecule has 1 heterocycles. The Labute approximate surface area is 209 Å². The summed E-state index contributed by atoms with van der Waals surface area (Å²) in [5.41, 5.74) is 4.40. The van der Waals surface area contributed by atoms with Gasteiger partial charge >= 0.3 is 0 Å². The molecular formula is C27H30BrNO5. The molecule has 1 aromatic carbocycles. The molecule has 34 heavy (non-hydrogen) atoms. The van der Waals surface area contributed by atoms with E-state index < -0.39 is 5.92 Å². The molecule has 2 aliphatic carbocycles. The number of methoxy groups -OCH3 is 1. The summed E-state index contributed by atoms with van der Waals surface area (Å²) in [6, 6.07) is 3.83. The molecule has 0 unspecified atom stereocenters. The third kappa shape index (κ3) is 4.54. The maximum Gasteiger partial charge on any atom is 0.176 e. The van der Waals surface area contributed by atoms with E-state index >= 15 is 0 Å². The van der Waals surface area contributed by atoms with Gasteiger partial charge in [-0.25, -0.2) is 0 Å². The minimum atomic E-state index is -0.415. The highest BCUT2D eigenvalue weighted by molar-refractivity contribution is 9.10. The minimum Gasteiger partial charge on any atom is -0.490 e. The SMILES string of the molecule is C#CCOc1c(Br)cc(C2C3=C(CCCC3=O)N(CCOC)C3=C2C(=O)CCC3)cc1OCC. The lowest BCUT2D eigenvalue weighted by atomic mass is 9.71. The molecule has 0 fully saturated rings. The Kier molecular flexibility index (Phi) is 7.80. The molecule has 1 aromatic rings. The van der Waals surface area contributed by atoms with Crippen molar-refractivity contribution in [3.63, 3.8) is 0 Å². The van der Waals surface area contributed by atoms with Gasteiger partial charge < -0.3 is 19.1 Å². The second kappa shape index (κ2) is 10.8. The van der Waals surface area contributed by atoms with Crippen molar-refractivity contribution in [2.45, 2.75) is 51.4 Å². The van der Waals surface area contributed by atoms with Crippen LogP contribution in [0.4, 0.5) is 0 Å². The van der Waals surface area contributed by atoms with Gasteiger partial charge in [-0.3, -0.25) is 9.59 Å². The molecule has 4 rings (SSSR count). The highest BCUT2D eigenvalue weighted by Gasteiger charge is 2.43. The summed E-state index contributed by atoms with van der Waals surface area (Å²) in [4.78, 5) is 29.0. The third-order valence-electron chi connectivity index (χ3n) is 6.57. The first-order chi connectivity index (χ1) is 16.5. The second-order valence-electron chi connectivity index (χ2n) is 8.61. The van der Waals surface area contributed by atoms with Gasteiger partial charge in [-0.2, -0.15) is 0 Å². The van der Waals surface area contributed by atoms with Crippen LogP contribution >= 0.6 is 15.9 Å². The van der Waals surface area contributed by atoms with Crippen molar-refractivity contribution in [1.29, 1.82) is 0 Å². The van der Waals surface area contributed by atoms with Gasteiger partial charge in [0.25, 0.3) is 0 Å². The Morgan fingerprint density at radius 3 is 2.26 bits per heavy atom. The quantitative estimate of drug-likeness (QED) is 0.447. The van der Waals surface area contributed by atoms with Gasteiger partial charge in [0.15, 0.2) is 23.1 Å². The largest absolute Gasteiger partial charge is 0.490 e. The average molecular weight is 528 g/mol. The van der Waals surface area contributed by atoms with Crippen molar-refractivity contribution in [2.75, 3.05) is 33.5 Å². The number of ketones is 2. The summed E-state index contributed by atoms with van der Waals surface area (Å²) >= 11 is 3.61. The van der Waals surface area contributed by atoms with Crippen LogP contribution in [0.15, 0.2) is 39.1 Å². The topological polar surface area (TPSA) is 65.1 Å². The van der Waals surface area contributed by atoms with Crippen LogP contribution < -0.4 is 9.47 Å². The lowest BCUT2D eigenvalue weighted by Crippen LogP contribution is -2.40. The first-order valence-electron chi connectivity index (χ1n) is 11.8. The van der Waals surface area contributed by atoms with E-state index in [9.17, 15) is 9.59 Å². The van der Waals surface area contributed by atoms with Gasteiger partial charge in [0.05, 0.1) is 17.7 Å². The molecule has 3 aliphatic rings. The zero-order chi connectivity index (χ0) is 24.2. The van der Waals surface area contributed by atoms with Crippen molar-refractivity contribution < 1.29 is 23.8 Å². The Balaban J connectivity index is 1.91. The number of carbonyl (C=O) groups excluding carboxylic acids is 2. The van der Waals surface area contributed by atoms with E-state index in [1.807, 2.05) is 19.1 Å². The highest BCUT2D eigenvalue weighted by Crippen LogP contribution is 2.51.